The van der Waals surface area contributed by atoms with Crippen LogP contribution in [0.15, 0.2) is 45.1 Å². The van der Waals surface area contributed by atoms with Gasteiger partial charge in [0.15, 0.2) is 5.96 Å². The molecule has 1 N–H and O–H groups in total. The highest BCUT2D eigenvalue weighted by molar-refractivity contribution is 14.0. The number of hydrogen-bond donors (Lipinski definition) is 1. The molecule has 0 atom stereocenters. The number of hydrogen-bond acceptors (Lipinski definition) is 5. The molecule has 1 fully saturated rings. The van der Waals surface area contributed by atoms with Crippen molar-refractivity contribution in [1.82, 2.24) is 20.1 Å². The van der Waals surface area contributed by atoms with E-state index in [1.54, 1.807) is 11.3 Å². The maximum absolute atomic E-state index is 5.99. The summed E-state index contributed by atoms with van der Waals surface area (Å²) >= 11 is 1.74. The third kappa shape index (κ3) is 6.68. The lowest BCUT2D eigenvalue weighted by Crippen LogP contribution is -2.39. The van der Waals surface area contributed by atoms with Gasteiger partial charge in [0.25, 0.3) is 0 Å². The minimum absolute atomic E-state index is 0. The summed E-state index contributed by atoms with van der Waals surface area (Å²) in [7, 11) is 2.08. The molecule has 6 nitrogen and oxygen atoms in total. The molecule has 0 radical (unpaired) electrons. The standard InChI is InChI=1S/C24H33N5OS.HI/c1-4-25-24(28(3)16-22-13-20-7-5-6-8-23(20)30-22)26-14-19-9-11-29(12-10-19)15-21-17-31-18(2)27-21;/h5-8,13,17,19H,4,9-12,14-16H2,1-3H3,(H,25,26);1H. The van der Waals surface area contributed by atoms with Gasteiger partial charge in [0.1, 0.15) is 11.3 Å². The molecule has 1 aromatic carbocycles. The number of nitrogens with zero attached hydrogens (tertiary/aromatic N) is 4. The highest BCUT2D eigenvalue weighted by atomic mass is 127. The largest absolute Gasteiger partial charge is 0.459 e. The number of thiazole rings is 1. The van der Waals surface area contributed by atoms with Crippen molar-refractivity contribution in [3.63, 3.8) is 0 Å². The Labute approximate surface area is 212 Å². The highest BCUT2D eigenvalue weighted by Crippen LogP contribution is 2.21. The average molecular weight is 568 g/mol. The Hall–Kier alpha value is -1.65. The molecule has 1 aliphatic heterocycles. The van der Waals surface area contributed by atoms with Crippen LogP contribution < -0.4 is 5.32 Å². The maximum Gasteiger partial charge on any atom is 0.194 e. The SMILES string of the molecule is CCNC(=NCC1CCN(Cc2csc(C)n2)CC1)N(C)Cc1cc2ccccc2o1.I. The average Bonchev–Trinajstić information content (AvgIpc) is 3.37. The number of piperidine rings is 1. The van der Waals surface area contributed by atoms with E-state index in [-0.39, 0.29) is 24.0 Å². The van der Waals surface area contributed by atoms with Gasteiger partial charge in [0.05, 0.1) is 17.2 Å². The smallest absolute Gasteiger partial charge is 0.194 e. The number of benzene rings is 1. The monoisotopic (exact) mass is 567 g/mol. The van der Waals surface area contributed by atoms with E-state index in [4.69, 9.17) is 9.41 Å². The zero-order valence-corrected chi connectivity index (χ0v) is 22.4. The molecule has 2 aromatic heterocycles. The summed E-state index contributed by atoms with van der Waals surface area (Å²) in [4.78, 5) is 14.2. The molecule has 32 heavy (non-hydrogen) atoms. The van der Waals surface area contributed by atoms with Crippen molar-refractivity contribution in [3.05, 3.63) is 52.2 Å². The van der Waals surface area contributed by atoms with E-state index >= 15 is 0 Å². The second-order valence-corrected chi connectivity index (χ2v) is 9.44. The lowest BCUT2D eigenvalue weighted by atomic mass is 9.97. The minimum atomic E-state index is 0. The van der Waals surface area contributed by atoms with E-state index in [1.165, 1.54) is 18.5 Å². The number of halogens is 1. The van der Waals surface area contributed by atoms with Gasteiger partial charge < -0.3 is 14.6 Å². The van der Waals surface area contributed by atoms with Crippen molar-refractivity contribution in [2.45, 2.75) is 39.8 Å². The minimum Gasteiger partial charge on any atom is -0.459 e. The van der Waals surface area contributed by atoms with Crippen LogP contribution in [0.3, 0.4) is 0 Å². The van der Waals surface area contributed by atoms with Crippen LogP contribution in [-0.4, -0.2) is 54.0 Å². The Morgan fingerprint density at radius 2 is 2.09 bits per heavy atom. The van der Waals surface area contributed by atoms with Gasteiger partial charge in [-0.05, 0) is 57.8 Å². The van der Waals surface area contributed by atoms with Gasteiger partial charge >= 0.3 is 0 Å². The number of nitrogens with one attached hydrogen (secondary N) is 1. The van der Waals surface area contributed by atoms with Crippen molar-refractivity contribution in [1.29, 1.82) is 0 Å². The number of aromatic nitrogens is 1. The predicted octanol–water partition coefficient (Wildman–Crippen LogP) is 5.13. The van der Waals surface area contributed by atoms with Crippen LogP contribution in [0, 0.1) is 12.8 Å². The molecular weight excluding hydrogens is 533 g/mol. The predicted molar refractivity (Wildman–Crippen MR) is 144 cm³/mol. The van der Waals surface area contributed by atoms with E-state index in [0.717, 1.165) is 60.4 Å². The first-order valence-corrected chi connectivity index (χ1v) is 12.1. The molecule has 0 aliphatic carbocycles. The third-order valence-electron chi connectivity index (χ3n) is 5.82. The first-order valence-electron chi connectivity index (χ1n) is 11.2. The van der Waals surface area contributed by atoms with Crippen LogP contribution in [0.4, 0.5) is 0 Å². The number of fused-ring (bicyclic) bond motifs is 1. The van der Waals surface area contributed by atoms with E-state index in [1.807, 2.05) is 18.2 Å². The zero-order chi connectivity index (χ0) is 21.6. The zero-order valence-electron chi connectivity index (χ0n) is 19.2. The molecule has 1 aliphatic rings. The molecule has 0 bridgehead atoms. The fourth-order valence-electron chi connectivity index (χ4n) is 4.15. The molecule has 1 saturated heterocycles. The summed E-state index contributed by atoms with van der Waals surface area (Å²) in [6.45, 7) is 9.85. The van der Waals surface area contributed by atoms with Crippen molar-refractivity contribution < 1.29 is 4.42 Å². The summed E-state index contributed by atoms with van der Waals surface area (Å²) in [5, 5.41) is 7.92. The van der Waals surface area contributed by atoms with Gasteiger partial charge in [0, 0.05) is 37.4 Å². The van der Waals surface area contributed by atoms with Crippen LogP contribution in [0.25, 0.3) is 11.0 Å². The van der Waals surface area contributed by atoms with Crippen LogP contribution in [0.1, 0.15) is 36.2 Å². The number of rotatable bonds is 7. The molecule has 0 spiro atoms. The molecular formula is C24H34IN5OS. The first kappa shape index (κ1) is 25.0. The molecule has 0 unspecified atom stereocenters. The lowest BCUT2D eigenvalue weighted by molar-refractivity contribution is 0.179. The Kier molecular flexibility index (Phi) is 9.36. The summed E-state index contributed by atoms with van der Waals surface area (Å²) < 4.78 is 5.99. The van der Waals surface area contributed by atoms with Gasteiger partial charge in [0.2, 0.25) is 0 Å². The van der Waals surface area contributed by atoms with Gasteiger partial charge in [-0.2, -0.15) is 0 Å². The molecule has 0 saturated carbocycles. The van der Waals surface area contributed by atoms with Crippen LogP contribution >= 0.6 is 35.3 Å². The van der Waals surface area contributed by atoms with E-state index < -0.39 is 0 Å². The Balaban J connectivity index is 0.00000289. The molecule has 174 valence electrons. The highest BCUT2D eigenvalue weighted by Gasteiger charge is 2.20. The summed E-state index contributed by atoms with van der Waals surface area (Å²) in [6, 6.07) is 10.3. The fraction of sp³-hybridized carbons (Fsp3) is 0.500. The van der Waals surface area contributed by atoms with Gasteiger partial charge in [-0.3, -0.25) is 9.89 Å². The number of furan rings is 1. The Morgan fingerprint density at radius 1 is 1.31 bits per heavy atom. The van der Waals surface area contributed by atoms with Crippen molar-refractivity contribution in [3.8, 4) is 0 Å². The third-order valence-corrected chi connectivity index (χ3v) is 6.65. The second kappa shape index (κ2) is 12.0. The van der Waals surface area contributed by atoms with E-state index in [0.29, 0.717) is 12.5 Å². The van der Waals surface area contributed by atoms with Gasteiger partial charge in [-0.25, -0.2) is 4.98 Å². The number of likely N-dealkylation sites (tertiary alicyclic amines) is 1. The summed E-state index contributed by atoms with van der Waals surface area (Å²) in [5.74, 6) is 2.55. The number of para-hydroxylation sites is 1. The number of aryl methyl sites for hydroxylation is 1. The van der Waals surface area contributed by atoms with Crippen LogP contribution in [0.5, 0.6) is 0 Å². The lowest BCUT2D eigenvalue weighted by Gasteiger charge is -2.31. The van der Waals surface area contributed by atoms with Gasteiger partial charge in [-0.1, -0.05) is 18.2 Å². The summed E-state index contributed by atoms with van der Waals surface area (Å²) in [5.41, 5.74) is 2.15. The normalized spacial score (nSPS) is 15.7. The fourth-order valence-corrected chi connectivity index (χ4v) is 4.75. The van der Waals surface area contributed by atoms with E-state index in [2.05, 4.69) is 58.5 Å². The molecule has 3 aromatic rings. The number of guanidine groups is 1. The molecule has 4 rings (SSSR count). The van der Waals surface area contributed by atoms with Crippen molar-refractivity contribution in [2.24, 2.45) is 10.9 Å². The molecule has 8 heteroatoms. The van der Waals surface area contributed by atoms with Crippen molar-refractivity contribution in [2.75, 3.05) is 33.2 Å². The summed E-state index contributed by atoms with van der Waals surface area (Å²) in [6.07, 6.45) is 2.39. The second-order valence-electron chi connectivity index (χ2n) is 8.38. The topological polar surface area (TPSA) is 56.9 Å². The molecule has 0 amide bonds. The van der Waals surface area contributed by atoms with E-state index in [9.17, 15) is 0 Å². The van der Waals surface area contributed by atoms with Gasteiger partial charge in [-0.15, -0.1) is 35.3 Å². The Bertz CT molecular complexity index is 976. The Morgan fingerprint density at radius 3 is 2.78 bits per heavy atom. The first-order chi connectivity index (χ1) is 15.1. The molecule has 3 heterocycles. The van der Waals surface area contributed by atoms with Crippen LogP contribution in [-0.2, 0) is 13.1 Å². The number of aliphatic imine (C=N–C) groups is 1. The quantitative estimate of drug-likeness (QED) is 0.244. The van der Waals surface area contributed by atoms with Crippen molar-refractivity contribution >= 4 is 52.2 Å². The maximum atomic E-state index is 5.99. The van der Waals surface area contributed by atoms with Crippen LogP contribution in [0.2, 0.25) is 0 Å².